The third-order valence-electron chi connectivity index (χ3n) is 2.50. The first kappa shape index (κ1) is 13.4. The largest absolute Gasteiger partial charge is 0.354 e. The van der Waals surface area contributed by atoms with Crippen LogP contribution < -0.4 is 10.6 Å². The Bertz CT molecular complexity index is 205. The fourth-order valence-corrected chi connectivity index (χ4v) is 1.74. The summed E-state index contributed by atoms with van der Waals surface area (Å²) in [5.41, 5.74) is 0. The van der Waals surface area contributed by atoms with E-state index in [1.807, 2.05) is 13.8 Å². The number of ether oxygens (including phenoxy) is 2. The van der Waals surface area contributed by atoms with Gasteiger partial charge in [-0.05, 0) is 13.8 Å². The predicted octanol–water partition coefficient (Wildman–Crippen LogP) is 0.254. The van der Waals surface area contributed by atoms with Crippen molar-refractivity contribution in [2.24, 2.45) is 0 Å². The highest BCUT2D eigenvalue weighted by molar-refractivity contribution is 5.78. The summed E-state index contributed by atoms with van der Waals surface area (Å²) in [6, 6.07) is 0.261. The van der Waals surface area contributed by atoms with Crippen molar-refractivity contribution < 1.29 is 14.3 Å². The molecule has 0 radical (unpaired) electrons. The zero-order chi connectivity index (χ0) is 11.8. The van der Waals surface area contributed by atoms with Gasteiger partial charge in [0.2, 0.25) is 5.91 Å². The van der Waals surface area contributed by atoms with Crippen LogP contribution in [-0.4, -0.2) is 44.5 Å². The van der Waals surface area contributed by atoms with Crippen LogP contribution in [0.3, 0.4) is 0 Å². The van der Waals surface area contributed by atoms with Gasteiger partial charge >= 0.3 is 0 Å². The summed E-state index contributed by atoms with van der Waals surface area (Å²) in [6.07, 6.45) is 1.26. The molecule has 0 aromatic heterocycles. The van der Waals surface area contributed by atoms with Gasteiger partial charge in [0.1, 0.15) is 0 Å². The third kappa shape index (κ3) is 4.92. The number of hydrogen-bond donors (Lipinski definition) is 2. The van der Waals surface area contributed by atoms with E-state index in [-0.39, 0.29) is 18.2 Å². The fraction of sp³-hybridized carbons (Fsp3) is 0.909. The molecule has 0 aromatic carbocycles. The van der Waals surface area contributed by atoms with E-state index in [9.17, 15) is 4.79 Å². The van der Waals surface area contributed by atoms with Crippen LogP contribution in [0.4, 0.5) is 0 Å². The van der Waals surface area contributed by atoms with Crippen molar-refractivity contribution >= 4 is 5.91 Å². The molecule has 0 aliphatic carbocycles. The van der Waals surface area contributed by atoms with Gasteiger partial charge in [-0.3, -0.25) is 4.79 Å². The van der Waals surface area contributed by atoms with Gasteiger partial charge in [-0.15, -0.1) is 0 Å². The van der Waals surface area contributed by atoms with Crippen molar-refractivity contribution in [3.63, 3.8) is 0 Å². The lowest BCUT2D eigenvalue weighted by atomic mass is 10.2. The molecule has 0 aromatic rings. The SMILES string of the molecule is CCOC(CCNC1CNC(=O)C1)OCC. The van der Waals surface area contributed by atoms with Crippen molar-refractivity contribution in [2.75, 3.05) is 26.3 Å². The highest BCUT2D eigenvalue weighted by Gasteiger charge is 2.20. The molecule has 1 unspecified atom stereocenters. The summed E-state index contributed by atoms with van der Waals surface area (Å²) in [7, 11) is 0. The second-order valence-corrected chi connectivity index (χ2v) is 3.79. The van der Waals surface area contributed by atoms with E-state index in [0.717, 1.165) is 19.5 Å². The Hall–Kier alpha value is -0.650. The Kier molecular flexibility index (Phi) is 6.37. The molecule has 1 saturated heterocycles. The normalized spacial score (nSPS) is 20.4. The first-order valence-electron chi connectivity index (χ1n) is 5.99. The van der Waals surface area contributed by atoms with Crippen molar-refractivity contribution in [2.45, 2.75) is 39.0 Å². The fourth-order valence-electron chi connectivity index (χ4n) is 1.74. The number of carbonyl (C=O) groups is 1. The summed E-state index contributed by atoms with van der Waals surface area (Å²) in [6.45, 7) is 6.78. The topological polar surface area (TPSA) is 59.6 Å². The van der Waals surface area contributed by atoms with Crippen molar-refractivity contribution in [1.29, 1.82) is 0 Å². The van der Waals surface area contributed by atoms with Gasteiger partial charge in [0.25, 0.3) is 0 Å². The lowest BCUT2D eigenvalue weighted by molar-refractivity contribution is -0.138. The van der Waals surface area contributed by atoms with Gasteiger partial charge in [0.15, 0.2) is 6.29 Å². The monoisotopic (exact) mass is 230 g/mol. The molecule has 1 heterocycles. The van der Waals surface area contributed by atoms with E-state index in [1.54, 1.807) is 0 Å². The highest BCUT2D eigenvalue weighted by atomic mass is 16.7. The van der Waals surface area contributed by atoms with Crippen LogP contribution in [0.2, 0.25) is 0 Å². The summed E-state index contributed by atoms with van der Waals surface area (Å²) in [4.78, 5) is 11.0. The first-order valence-corrected chi connectivity index (χ1v) is 5.99. The Balaban J connectivity index is 2.09. The van der Waals surface area contributed by atoms with Crippen LogP contribution in [0.15, 0.2) is 0 Å². The first-order chi connectivity index (χ1) is 7.76. The zero-order valence-corrected chi connectivity index (χ0v) is 10.1. The molecule has 1 fully saturated rings. The molecule has 16 heavy (non-hydrogen) atoms. The summed E-state index contributed by atoms with van der Waals surface area (Å²) in [5.74, 6) is 0.128. The van der Waals surface area contributed by atoms with Crippen molar-refractivity contribution in [3.8, 4) is 0 Å². The van der Waals surface area contributed by atoms with Gasteiger partial charge in [-0.2, -0.15) is 0 Å². The van der Waals surface area contributed by atoms with E-state index in [0.29, 0.717) is 19.6 Å². The van der Waals surface area contributed by atoms with Crippen LogP contribution >= 0.6 is 0 Å². The quantitative estimate of drug-likeness (QED) is 0.587. The maximum Gasteiger partial charge on any atom is 0.221 e. The molecule has 2 N–H and O–H groups in total. The minimum Gasteiger partial charge on any atom is -0.354 e. The molecule has 0 saturated carbocycles. The van der Waals surface area contributed by atoms with E-state index >= 15 is 0 Å². The van der Waals surface area contributed by atoms with Crippen LogP contribution in [0.25, 0.3) is 0 Å². The van der Waals surface area contributed by atoms with Gasteiger partial charge in [-0.25, -0.2) is 0 Å². The molecule has 5 nitrogen and oxygen atoms in total. The second-order valence-electron chi connectivity index (χ2n) is 3.79. The molecule has 1 aliphatic heterocycles. The number of amides is 1. The van der Waals surface area contributed by atoms with E-state index in [1.165, 1.54) is 0 Å². The third-order valence-corrected chi connectivity index (χ3v) is 2.50. The van der Waals surface area contributed by atoms with Crippen LogP contribution in [-0.2, 0) is 14.3 Å². The smallest absolute Gasteiger partial charge is 0.221 e. The van der Waals surface area contributed by atoms with Crippen molar-refractivity contribution in [3.05, 3.63) is 0 Å². The molecule has 1 aliphatic rings. The minimum atomic E-state index is -0.132. The minimum absolute atomic E-state index is 0.128. The van der Waals surface area contributed by atoms with E-state index in [2.05, 4.69) is 10.6 Å². The maximum atomic E-state index is 11.0. The Morgan fingerprint density at radius 3 is 2.62 bits per heavy atom. The lowest BCUT2D eigenvalue weighted by Gasteiger charge is -2.18. The molecule has 1 atom stereocenters. The Labute approximate surface area is 96.9 Å². The van der Waals surface area contributed by atoms with Gasteiger partial charge < -0.3 is 20.1 Å². The number of rotatable bonds is 8. The molecule has 0 bridgehead atoms. The summed E-state index contributed by atoms with van der Waals surface area (Å²) < 4.78 is 10.8. The molecule has 5 heteroatoms. The molecular weight excluding hydrogens is 208 g/mol. The second kappa shape index (κ2) is 7.60. The standard InChI is InChI=1S/C11H22N2O3/c1-3-15-11(16-4-2)5-6-12-9-7-10(14)13-8-9/h9,11-12H,3-8H2,1-2H3,(H,13,14). The Morgan fingerprint density at radius 2 is 2.12 bits per heavy atom. The summed E-state index contributed by atoms with van der Waals surface area (Å²) >= 11 is 0. The molecule has 0 spiro atoms. The average Bonchev–Trinajstić information content (AvgIpc) is 2.65. The molecule has 1 rings (SSSR count). The van der Waals surface area contributed by atoms with Crippen molar-refractivity contribution in [1.82, 2.24) is 10.6 Å². The number of nitrogens with one attached hydrogen (secondary N) is 2. The average molecular weight is 230 g/mol. The van der Waals surface area contributed by atoms with Gasteiger partial charge in [-0.1, -0.05) is 0 Å². The molecule has 1 amide bonds. The highest BCUT2D eigenvalue weighted by Crippen LogP contribution is 2.02. The number of carbonyl (C=O) groups excluding carboxylic acids is 1. The van der Waals surface area contributed by atoms with Crippen LogP contribution in [0, 0.1) is 0 Å². The molecular formula is C11H22N2O3. The van der Waals surface area contributed by atoms with Crippen LogP contribution in [0.5, 0.6) is 0 Å². The van der Waals surface area contributed by atoms with E-state index < -0.39 is 0 Å². The lowest BCUT2D eigenvalue weighted by Crippen LogP contribution is -2.34. The Morgan fingerprint density at radius 1 is 1.44 bits per heavy atom. The number of hydrogen-bond acceptors (Lipinski definition) is 4. The maximum absolute atomic E-state index is 11.0. The molecule has 94 valence electrons. The van der Waals surface area contributed by atoms with Crippen LogP contribution in [0.1, 0.15) is 26.7 Å². The van der Waals surface area contributed by atoms with Gasteiger partial charge in [0, 0.05) is 45.2 Å². The predicted molar refractivity (Wildman–Crippen MR) is 61.1 cm³/mol. The van der Waals surface area contributed by atoms with E-state index in [4.69, 9.17) is 9.47 Å². The zero-order valence-electron chi connectivity index (χ0n) is 10.1. The summed E-state index contributed by atoms with van der Waals surface area (Å²) in [5, 5.41) is 6.11. The van der Waals surface area contributed by atoms with Gasteiger partial charge in [0.05, 0.1) is 0 Å².